The number of ether oxygens (including phenoxy) is 1. The van der Waals surface area contributed by atoms with Gasteiger partial charge in [0.15, 0.2) is 0 Å². The molecular formula is C12H20ClN3O2. The van der Waals surface area contributed by atoms with E-state index in [1.54, 1.807) is 4.68 Å². The Balaban J connectivity index is 2.81. The number of nitrogens with zero attached hydrogens (tertiary/aromatic N) is 2. The lowest BCUT2D eigenvalue weighted by Gasteiger charge is -2.16. The molecule has 1 N–H and O–H groups in total. The Morgan fingerprint density at radius 3 is 2.67 bits per heavy atom. The topological polar surface area (TPSA) is 56.2 Å². The molecule has 18 heavy (non-hydrogen) atoms. The minimum Gasteiger partial charge on any atom is -0.468 e. The molecule has 1 aromatic rings. The molecule has 6 heteroatoms. The molecule has 0 saturated carbocycles. The van der Waals surface area contributed by atoms with Crippen LogP contribution in [0.3, 0.4) is 0 Å². The van der Waals surface area contributed by atoms with Gasteiger partial charge in [0.1, 0.15) is 6.04 Å². The number of rotatable bonds is 6. The molecule has 102 valence electrons. The molecule has 1 unspecified atom stereocenters. The molecule has 1 rings (SSSR count). The Morgan fingerprint density at radius 2 is 2.22 bits per heavy atom. The Kier molecular flexibility index (Phi) is 5.62. The van der Waals surface area contributed by atoms with Gasteiger partial charge in [-0.1, -0.05) is 18.5 Å². The molecule has 1 aromatic heterocycles. The molecule has 0 fully saturated rings. The fraction of sp³-hybridized carbons (Fsp3) is 0.667. The van der Waals surface area contributed by atoms with Crippen LogP contribution in [0, 0.1) is 13.8 Å². The molecule has 1 atom stereocenters. The summed E-state index contributed by atoms with van der Waals surface area (Å²) in [7, 11) is 1.39. The summed E-state index contributed by atoms with van der Waals surface area (Å²) >= 11 is 6.08. The highest BCUT2D eigenvalue weighted by Crippen LogP contribution is 2.19. The molecular weight excluding hydrogens is 254 g/mol. The first-order valence-electron chi connectivity index (χ1n) is 6.02. The molecule has 0 aliphatic heterocycles. The lowest BCUT2D eigenvalue weighted by molar-refractivity contribution is -0.143. The molecule has 0 aliphatic carbocycles. The summed E-state index contributed by atoms with van der Waals surface area (Å²) in [5, 5.41) is 8.10. The predicted molar refractivity (Wildman–Crippen MR) is 70.8 cm³/mol. The third kappa shape index (κ3) is 3.46. The number of carbonyl (C=O) groups excluding carboxylic acids is 1. The molecule has 5 nitrogen and oxygen atoms in total. The summed E-state index contributed by atoms with van der Waals surface area (Å²) in [5.41, 5.74) is 1.63. The average Bonchev–Trinajstić information content (AvgIpc) is 2.61. The van der Waals surface area contributed by atoms with Crippen LogP contribution in [0.4, 0.5) is 0 Å². The van der Waals surface area contributed by atoms with Crippen LogP contribution in [-0.4, -0.2) is 35.4 Å². The molecule has 0 bridgehead atoms. The number of carbonyl (C=O) groups is 1. The highest BCUT2D eigenvalue weighted by Gasteiger charge is 2.21. The van der Waals surface area contributed by atoms with Gasteiger partial charge in [0.05, 0.1) is 30.1 Å². The van der Waals surface area contributed by atoms with Crippen LogP contribution in [0.5, 0.6) is 0 Å². The zero-order chi connectivity index (χ0) is 13.7. The zero-order valence-corrected chi connectivity index (χ0v) is 12.0. The van der Waals surface area contributed by atoms with Crippen molar-refractivity contribution in [1.29, 1.82) is 0 Å². The van der Waals surface area contributed by atoms with Crippen molar-refractivity contribution < 1.29 is 9.53 Å². The van der Waals surface area contributed by atoms with Crippen molar-refractivity contribution >= 4 is 17.6 Å². The van der Waals surface area contributed by atoms with Crippen molar-refractivity contribution in [3.05, 3.63) is 16.4 Å². The summed E-state index contributed by atoms with van der Waals surface area (Å²) < 4.78 is 6.52. The second kappa shape index (κ2) is 6.75. The van der Waals surface area contributed by atoms with Crippen LogP contribution >= 0.6 is 11.6 Å². The minimum atomic E-state index is -0.399. The van der Waals surface area contributed by atoms with Crippen molar-refractivity contribution in [1.82, 2.24) is 15.1 Å². The largest absolute Gasteiger partial charge is 0.468 e. The summed E-state index contributed by atoms with van der Waals surface area (Å²) in [6, 6.07) is -0.399. The van der Waals surface area contributed by atoms with Crippen LogP contribution < -0.4 is 5.32 Å². The normalized spacial score (nSPS) is 12.5. The van der Waals surface area contributed by atoms with Gasteiger partial charge in [0.25, 0.3) is 0 Å². The van der Waals surface area contributed by atoms with Gasteiger partial charge in [-0.2, -0.15) is 5.10 Å². The second-order valence-corrected chi connectivity index (χ2v) is 4.57. The average molecular weight is 274 g/mol. The fourth-order valence-electron chi connectivity index (χ4n) is 1.71. The summed E-state index contributed by atoms with van der Waals surface area (Å²) in [5.74, 6) is -0.285. The first-order chi connectivity index (χ1) is 8.51. The summed E-state index contributed by atoms with van der Waals surface area (Å²) in [4.78, 5) is 11.7. The number of aromatic nitrogens is 2. The lowest BCUT2D eigenvalue weighted by atomic mass is 10.2. The van der Waals surface area contributed by atoms with Crippen LogP contribution in [0.15, 0.2) is 0 Å². The third-order valence-electron chi connectivity index (χ3n) is 2.78. The lowest BCUT2D eigenvalue weighted by Crippen LogP contribution is -2.41. The quantitative estimate of drug-likeness (QED) is 0.802. The van der Waals surface area contributed by atoms with Crippen molar-refractivity contribution in [3.8, 4) is 0 Å². The standard InChI is InChI=1S/C12H20ClN3O2/c1-5-6-14-10(12(17)18-4)7-16-9(3)11(13)8(2)15-16/h10,14H,5-7H2,1-4H3. The monoisotopic (exact) mass is 273 g/mol. The molecule has 0 saturated heterocycles. The summed E-state index contributed by atoms with van der Waals surface area (Å²) in [6.07, 6.45) is 0.950. The molecule has 0 amide bonds. The Bertz CT molecular complexity index is 418. The van der Waals surface area contributed by atoms with Crippen molar-refractivity contribution in [3.63, 3.8) is 0 Å². The number of esters is 1. The van der Waals surface area contributed by atoms with Crippen LogP contribution in [0.25, 0.3) is 0 Å². The van der Waals surface area contributed by atoms with E-state index in [1.165, 1.54) is 7.11 Å². The molecule has 0 aromatic carbocycles. The van der Waals surface area contributed by atoms with Gasteiger partial charge in [0, 0.05) is 0 Å². The minimum absolute atomic E-state index is 0.285. The van der Waals surface area contributed by atoms with Gasteiger partial charge < -0.3 is 10.1 Å². The van der Waals surface area contributed by atoms with E-state index in [4.69, 9.17) is 16.3 Å². The van der Waals surface area contributed by atoms with Gasteiger partial charge in [-0.3, -0.25) is 9.48 Å². The number of methoxy groups -OCH3 is 1. The first kappa shape index (κ1) is 15.0. The van der Waals surface area contributed by atoms with E-state index < -0.39 is 6.04 Å². The Labute approximate surface area is 112 Å². The molecule has 0 aliphatic rings. The number of nitrogens with one attached hydrogen (secondary N) is 1. The van der Waals surface area contributed by atoms with E-state index in [2.05, 4.69) is 10.4 Å². The van der Waals surface area contributed by atoms with E-state index in [9.17, 15) is 4.79 Å². The van der Waals surface area contributed by atoms with E-state index >= 15 is 0 Å². The highest BCUT2D eigenvalue weighted by atomic mass is 35.5. The SMILES string of the molecule is CCCNC(Cn1nc(C)c(Cl)c1C)C(=O)OC. The van der Waals surface area contributed by atoms with Crippen molar-refractivity contribution in [2.24, 2.45) is 0 Å². The fourth-order valence-corrected chi connectivity index (χ4v) is 1.84. The zero-order valence-electron chi connectivity index (χ0n) is 11.3. The number of hydrogen-bond acceptors (Lipinski definition) is 4. The van der Waals surface area contributed by atoms with E-state index in [-0.39, 0.29) is 5.97 Å². The van der Waals surface area contributed by atoms with Gasteiger partial charge in [0.2, 0.25) is 0 Å². The van der Waals surface area contributed by atoms with E-state index in [1.807, 2.05) is 20.8 Å². The van der Waals surface area contributed by atoms with Gasteiger partial charge in [-0.25, -0.2) is 0 Å². The number of halogens is 1. The van der Waals surface area contributed by atoms with Crippen molar-refractivity contribution in [2.45, 2.75) is 39.8 Å². The smallest absolute Gasteiger partial charge is 0.324 e. The van der Waals surface area contributed by atoms with Gasteiger partial charge in [-0.05, 0) is 26.8 Å². The van der Waals surface area contributed by atoms with Gasteiger partial charge >= 0.3 is 5.97 Å². The molecule has 0 radical (unpaired) electrons. The second-order valence-electron chi connectivity index (χ2n) is 4.20. The van der Waals surface area contributed by atoms with Gasteiger partial charge in [-0.15, -0.1) is 0 Å². The maximum atomic E-state index is 11.7. The van der Waals surface area contributed by atoms with E-state index in [0.717, 1.165) is 24.4 Å². The maximum absolute atomic E-state index is 11.7. The Hall–Kier alpha value is -1.07. The van der Waals surface area contributed by atoms with Crippen LogP contribution in [0.1, 0.15) is 24.7 Å². The summed E-state index contributed by atoms with van der Waals surface area (Å²) in [6.45, 7) is 6.95. The number of hydrogen-bond donors (Lipinski definition) is 1. The Morgan fingerprint density at radius 1 is 1.56 bits per heavy atom. The number of aryl methyl sites for hydroxylation is 1. The van der Waals surface area contributed by atoms with Crippen LogP contribution in [-0.2, 0) is 16.1 Å². The van der Waals surface area contributed by atoms with Crippen molar-refractivity contribution in [2.75, 3.05) is 13.7 Å². The maximum Gasteiger partial charge on any atom is 0.324 e. The predicted octanol–water partition coefficient (Wildman–Crippen LogP) is 1.69. The molecule has 1 heterocycles. The molecule has 0 spiro atoms. The highest BCUT2D eigenvalue weighted by molar-refractivity contribution is 6.31. The first-order valence-corrected chi connectivity index (χ1v) is 6.39. The van der Waals surface area contributed by atoms with Crippen LogP contribution in [0.2, 0.25) is 5.02 Å². The van der Waals surface area contributed by atoms with E-state index in [0.29, 0.717) is 11.6 Å². The third-order valence-corrected chi connectivity index (χ3v) is 3.32.